The van der Waals surface area contributed by atoms with E-state index in [2.05, 4.69) is 57.3 Å². The highest BCUT2D eigenvalue weighted by Crippen LogP contribution is 2.15. The van der Waals surface area contributed by atoms with Crippen LogP contribution in [0.1, 0.15) is 46.1 Å². The Kier molecular flexibility index (Phi) is 5.37. The van der Waals surface area contributed by atoms with Crippen molar-refractivity contribution in [3.05, 3.63) is 29.8 Å². The molecule has 0 amide bonds. The Labute approximate surface area is 100 Å². The second-order valence-electron chi connectivity index (χ2n) is 4.87. The van der Waals surface area contributed by atoms with Crippen molar-refractivity contribution in [3.63, 3.8) is 0 Å². The van der Waals surface area contributed by atoms with E-state index in [0.717, 1.165) is 12.3 Å². The second-order valence-corrected chi connectivity index (χ2v) is 4.87. The van der Waals surface area contributed by atoms with Crippen LogP contribution in [0.5, 0.6) is 0 Å². The Morgan fingerprint density at radius 3 is 2.12 bits per heavy atom. The van der Waals surface area contributed by atoms with Crippen molar-refractivity contribution < 1.29 is 0 Å². The van der Waals surface area contributed by atoms with Gasteiger partial charge in [0.2, 0.25) is 0 Å². The van der Waals surface area contributed by atoms with Crippen LogP contribution in [0.25, 0.3) is 0 Å². The summed E-state index contributed by atoms with van der Waals surface area (Å²) in [6, 6.07) is 9.45. The number of hydrogen-bond donors (Lipinski definition) is 1. The quantitative estimate of drug-likeness (QED) is 0.743. The van der Waals surface area contributed by atoms with Crippen LogP contribution in [0.3, 0.4) is 0 Å². The van der Waals surface area contributed by atoms with E-state index < -0.39 is 0 Å². The molecule has 0 heterocycles. The zero-order chi connectivity index (χ0) is 12.0. The fourth-order valence-corrected chi connectivity index (χ4v) is 1.67. The van der Waals surface area contributed by atoms with Crippen LogP contribution in [0.4, 0.5) is 5.69 Å². The van der Waals surface area contributed by atoms with Crippen LogP contribution < -0.4 is 5.32 Å². The van der Waals surface area contributed by atoms with Gasteiger partial charge >= 0.3 is 0 Å². The van der Waals surface area contributed by atoms with Gasteiger partial charge < -0.3 is 5.32 Å². The van der Waals surface area contributed by atoms with Crippen molar-refractivity contribution in [2.24, 2.45) is 5.92 Å². The Bertz CT molecular complexity index is 258. The Hall–Kier alpha value is -0.980. The average molecular weight is 219 g/mol. The number of nitrogens with one attached hydrogen (secondary N) is 1. The molecule has 0 bridgehead atoms. The molecule has 2 atom stereocenters. The van der Waals surface area contributed by atoms with Crippen LogP contribution in [0.2, 0.25) is 0 Å². The van der Waals surface area contributed by atoms with Gasteiger partial charge in [-0.2, -0.15) is 0 Å². The molecule has 2 unspecified atom stereocenters. The topological polar surface area (TPSA) is 12.0 Å². The maximum Gasteiger partial charge on any atom is 0.0342 e. The summed E-state index contributed by atoms with van der Waals surface area (Å²) in [5.74, 6) is 0.786. The fourth-order valence-electron chi connectivity index (χ4n) is 1.67. The Morgan fingerprint density at radius 1 is 1.00 bits per heavy atom. The molecule has 16 heavy (non-hydrogen) atoms. The smallest absolute Gasteiger partial charge is 0.0342 e. The molecular weight excluding hydrogens is 194 g/mol. The molecule has 1 N–H and O–H groups in total. The van der Waals surface area contributed by atoms with E-state index in [1.54, 1.807) is 0 Å². The van der Waals surface area contributed by atoms with Crippen molar-refractivity contribution in [1.29, 1.82) is 0 Å². The summed E-state index contributed by atoms with van der Waals surface area (Å²) < 4.78 is 0. The molecule has 0 aromatic heterocycles. The minimum Gasteiger partial charge on any atom is -0.383 e. The van der Waals surface area contributed by atoms with Gasteiger partial charge in [-0.05, 0) is 43.4 Å². The zero-order valence-electron chi connectivity index (χ0n) is 11.1. The lowest BCUT2D eigenvalue weighted by molar-refractivity contribution is 0.560. The van der Waals surface area contributed by atoms with Crippen LogP contribution in [-0.2, 0) is 6.42 Å². The van der Waals surface area contributed by atoms with Crippen LogP contribution in [-0.4, -0.2) is 6.04 Å². The van der Waals surface area contributed by atoms with Crippen LogP contribution in [0.15, 0.2) is 24.3 Å². The first-order valence-corrected chi connectivity index (χ1v) is 6.51. The third-order valence-electron chi connectivity index (χ3n) is 3.26. The fraction of sp³-hybridized carbons (Fsp3) is 0.600. The molecule has 1 aromatic rings. The molecule has 0 saturated carbocycles. The van der Waals surface area contributed by atoms with Crippen LogP contribution in [0, 0.1) is 5.92 Å². The summed E-state index contributed by atoms with van der Waals surface area (Å²) in [5.41, 5.74) is 2.69. The molecule has 90 valence electrons. The average Bonchev–Trinajstić information content (AvgIpc) is 2.31. The maximum absolute atomic E-state index is 3.49. The molecule has 0 saturated heterocycles. The highest BCUT2D eigenvalue weighted by atomic mass is 14.9. The molecule has 1 aromatic carbocycles. The van der Waals surface area contributed by atoms with Crippen molar-refractivity contribution in [2.75, 3.05) is 5.32 Å². The van der Waals surface area contributed by atoms with E-state index in [9.17, 15) is 0 Å². The number of rotatable bonds is 6. The molecule has 1 rings (SSSR count). The molecule has 0 spiro atoms. The first-order valence-electron chi connectivity index (χ1n) is 6.51. The third kappa shape index (κ3) is 4.26. The van der Waals surface area contributed by atoms with E-state index >= 15 is 0 Å². The summed E-state index contributed by atoms with van der Waals surface area (Å²) in [6.45, 7) is 8.98. The van der Waals surface area contributed by atoms with E-state index in [0.29, 0.717) is 6.04 Å². The maximum atomic E-state index is 3.49. The van der Waals surface area contributed by atoms with Gasteiger partial charge in [0, 0.05) is 11.7 Å². The minimum atomic E-state index is 0.556. The molecule has 0 aliphatic heterocycles. The molecule has 1 heteroatoms. The summed E-state index contributed by atoms with van der Waals surface area (Å²) in [5, 5.41) is 3.49. The minimum absolute atomic E-state index is 0.556. The Balaban J connectivity index is 2.54. The molecule has 0 radical (unpaired) electrons. The Morgan fingerprint density at radius 2 is 1.62 bits per heavy atom. The predicted molar refractivity (Wildman–Crippen MR) is 73.0 cm³/mol. The normalized spacial score (nSPS) is 14.5. The molecule has 0 aliphatic rings. The monoisotopic (exact) mass is 219 g/mol. The molecule has 0 aliphatic carbocycles. The summed E-state index contributed by atoms with van der Waals surface area (Å²) in [4.78, 5) is 0. The number of anilines is 1. The second kappa shape index (κ2) is 6.57. The summed E-state index contributed by atoms with van der Waals surface area (Å²) in [6.07, 6.45) is 3.61. The molecule has 0 fully saturated rings. The lowest BCUT2D eigenvalue weighted by Gasteiger charge is -2.14. The van der Waals surface area contributed by atoms with Crippen molar-refractivity contribution in [3.8, 4) is 0 Å². The van der Waals surface area contributed by atoms with Crippen molar-refractivity contribution >= 4 is 5.69 Å². The van der Waals surface area contributed by atoms with Gasteiger partial charge in [-0.15, -0.1) is 0 Å². The largest absolute Gasteiger partial charge is 0.383 e. The van der Waals surface area contributed by atoms with E-state index in [-0.39, 0.29) is 0 Å². The first-order chi connectivity index (χ1) is 7.65. The van der Waals surface area contributed by atoms with Gasteiger partial charge in [0.1, 0.15) is 0 Å². The molecule has 1 nitrogen and oxygen atoms in total. The SMILES string of the molecule is CCC(C)Cc1ccc(NC(C)CC)cc1. The van der Waals surface area contributed by atoms with Gasteiger partial charge in [0.05, 0.1) is 0 Å². The van der Waals surface area contributed by atoms with E-state index in [1.165, 1.54) is 24.1 Å². The number of hydrogen-bond acceptors (Lipinski definition) is 1. The van der Waals surface area contributed by atoms with Gasteiger partial charge in [-0.3, -0.25) is 0 Å². The lowest BCUT2D eigenvalue weighted by atomic mass is 9.99. The van der Waals surface area contributed by atoms with Gasteiger partial charge in [-0.1, -0.05) is 39.3 Å². The van der Waals surface area contributed by atoms with E-state index in [1.807, 2.05) is 0 Å². The van der Waals surface area contributed by atoms with Crippen molar-refractivity contribution in [2.45, 2.75) is 53.0 Å². The van der Waals surface area contributed by atoms with Gasteiger partial charge in [0.15, 0.2) is 0 Å². The summed E-state index contributed by atoms with van der Waals surface area (Å²) in [7, 11) is 0. The highest BCUT2D eigenvalue weighted by Gasteiger charge is 2.02. The van der Waals surface area contributed by atoms with E-state index in [4.69, 9.17) is 0 Å². The van der Waals surface area contributed by atoms with Crippen molar-refractivity contribution in [1.82, 2.24) is 0 Å². The number of benzene rings is 1. The zero-order valence-corrected chi connectivity index (χ0v) is 11.1. The van der Waals surface area contributed by atoms with Crippen LogP contribution >= 0.6 is 0 Å². The lowest BCUT2D eigenvalue weighted by Crippen LogP contribution is -2.13. The standard InChI is InChI=1S/C15H25N/c1-5-12(3)11-14-7-9-15(10-8-14)16-13(4)6-2/h7-10,12-13,16H,5-6,11H2,1-4H3. The highest BCUT2D eigenvalue weighted by molar-refractivity contribution is 5.45. The summed E-state index contributed by atoms with van der Waals surface area (Å²) >= 11 is 0. The third-order valence-corrected chi connectivity index (χ3v) is 3.26. The van der Waals surface area contributed by atoms with Gasteiger partial charge in [-0.25, -0.2) is 0 Å². The predicted octanol–water partition coefficient (Wildman–Crippen LogP) is 4.49. The first kappa shape index (κ1) is 13.1. The molecular formula is C15H25N. The van der Waals surface area contributed by atoms with Gasteiger partial charge in [0.25, 0.3) is 0 Å².